The van der Waals surface area contributed by atoms with Crippen molar-refractivity contribution in [2.45, 2.75) is 51.6 Å². The number of hydrogen-bond donors (Lipinski definition) is 0. The van der Waals surface area contributed by atoms with Crippen LogP contribution in [0.25, 0.3) is 0 Å². The fraction of sp³-hybridized carbons (Fsp3) is 1.00. The van der Waals surface area contributed by atoms with Gasteiger partial charge in [-0.3, -0.25) is 0 Å². The van der Waals surface area contributed by atoms with Crippen LogP contribution in [0.15, 0.2) is 0 Å². The van der Waals surface area contributed by atoms with Gasteiger partial charge >= 0.3 is 0 Å². The highest BCUT2D eigenvalue weighted by Crippen LogP contribution is 2.41. The zero-order valence-electron chi connectivity index (χ0n) is 7.15. The quantitative estimate of drug-likeness (QED) is 0.474. The molecule has 10 heavy (non-hydrogen) atoms. The zero-order chi connectivity index (χ0) is 7.45. The minimum absolute atomic E-state index is 0.429. The van der Waals surface area contributed by atoms with E-state index in [1.165, 1.54) is 32.1 Å². The van der Waals surface area contributed by atoms with Crippen LogP contribution in [-0.4, -0.2) is 12.2 Å². The Bertz CT molecular complexity index is 86.9. The van der Waals surface area contributed by atoms with E-state index in [-0.39, 0.29) is 0 Å². The fourth-order valence-corrected chi connectivity index (χ4v) is 1.59. The number of ether oxygens (including phenoxy) is 1. The number of hydrogen-bond acceptors (Lipinski definition) is 1. The first-order valence-electron chi connectivity index (χ1n) is 4.55. The lowest BCUT2D eigenvalue weighted by Crippen LogP contribution is -2.14. The zero-order valence-corrected chi connectivity index (χ0v) is 7.15. The molecule has 0 aromatic carbocycles. The SMILES string of the molecule is C1CCC2(CC1)CO2.CC. The lowest BCUT2D eigenvalue weighted by molar-refractivity contribution is 0.237. The summed E-state index contributed by atoms with van der Waals surface area (Å²) in [6.07, 6.45) is 6.92. The van der Waals surface area contributed by atoms with Crippen molar-refractivity contribution in [3.05, 3.63) is 0 Å². The summed E-state index contributed by atoms with van der Waals surface area (Å²) in [6.45, 7) is 5.06. The fourth-order valence-electron chi connectivity index (χ4n) is 1.59. The largest absolute Gasteiger partial charge is 0.370 e. The van der Waals surface area contributed by atoms with Gasteiger partial charge in [0, 0.05) is 0 Å². The highest BCUT2D eigenvalue weighted by Gasteiger charge is 2.44. The molecule has 1 spiro atoms. The van der Waals surface area contributed by atoms with Gasteiger partial charge in [-0.25, -0.2) is 0 Å². The molecule has 1 aliphatic carbocycles. The minimum atomic E-state index is 0.429. The smallest absolute Gasteiger partial charge is 0.0916 e. The Kier molecular flexibility index (Phi) is 2.72. The van der Waals surface area contributed by atoms with Gasteiger partial charge in [0.15, 0.2) is 0 Å². The van der Waals surface area contributed by atoms with Crippen LogP contribution in [0.4, 0.5) is 0 Å². The van der Waals surface area contributed by atoms with Crippen molar-refractivity contribution in [2.75, 3.05) is 6.61 Å². The monoisotopic (exact) mass is 142 g/mol. The molecule has 1 nitrogen and oxygen atoms in total. The maximum absolute atomic E-state index is 5.34. The molecule has 1 saturated carbocycles. The van der Waals surface area contributed by atoms with Crippen molar-refractivity contribution < 1.29 is 4.74 Å². The highest BCUT2D eigenvalue weighted by atomic mass is 16.6. The molecule has 0 atom stereocenters. The predicted octanol–water partition coefficient (Wildman–Crippen LogP) is 2.75. The van der Waals surface area contributed by atoms with Crippen LogP contribution in [0, 0.1) is 0 Å². The molecule has 0 aromatic heterocycles. The van der Waals surface area contributed by atoms with Crippen molar-refractivity contribution in [3.63, 3.8) is 0 Å². The van der Waals surface area contributed by atoms with E-state index in [0.29, 0.717) is 5.60 Å². The van der Waals surface area contributed by atoms with E-state index in [4.69, 9.17) is 4.74 Å². The standard InChI is InChI=1S/C7H12O.C2H6/c1-2-4-7(5-3-1)6-8-7;1-2/h1-6H2;1-2H3. The van der Waals surface area contributed by atoms with E-state index in [2.05, 4.69) is 0 Å². The Morgan fingerprint density at radius 2 is 1.50 bits per heavy atom. The molecular weight excluding hydrogens is 124 g/mol. The second kappa shape index (κ2) is 3.38. The second-order valence-corrected chi connectivity index (χ2v) is 3.03. The summed E-state index contributed by atoms with van der Waals surface area (Å²) in [6, 6.07) is 0. The van der Waals surface area contributed by atoms with Gasteiger partial charge in [-0.2, -0.15) is 0 Å². The van der Waals surface area contributed by atoms with Gasteiger partial charge in [-0.1, -0.05) is 33.1 Å². The Hall–Kier alpha value is -0.0400. The lowest BCUT2D eigenvalue weighted by atomic mass is 9.90. The summed E-state index contributed by atoms with van der Waals surface area (Å²) in [5, 5.41) is 0. The summed E-state index contributed by atoms with van der Waals surface area (Å²) >= 11 is 0. The van der Waals surface area contributed by atoms with Gasteiger partial charge in [-0.05, 0) is 12.8 Å². The molecule has 0 N–H and O–H groups in total. The minimum Gasteiger partial charge on any atom is -0.370 e. The van der Waals surface area contributed by atoms with E-state index in [1.807, 2.05) is 13.8 Å². The maximum atomic E-state index is 5.34. The first-order valence-corrected chi connectivity index (χ1v) is 4.55. The molecule has 2 rings (SSSR count). The van der Waals surface area contributed by atoms with Crippen LogP contribution in [0.1, 0.15) is 46.0 Å². The van der Waals surface area contributed by atoms with Crippen LogP contribution in [0.2, 0.25) is 0 Å². The summed E-state index contributed by atoms with van der Waals surface area (Å²) in [7, 11) is 0. The molecule has 1 heteroatoms. The average molecular weight is 142 g/mol. The molecule has 0 aromatic rings. The Labute approximate surface area is 63.8 Å². The van der Waals surface area contributed by atoms with Crippen LogP contribution in [-0.2, 0) is 4.74 Å². The van der Waals surface area contributed by atoms with E-state index < -0.39 is 0 Å². The van der Waals surface area contributed by atoms with Gasteiger partial charge in [0.2, 0.25) is 0 Å². The molecule has 0 radical (unpaired) electrons. The van der Waals surface area contributed by atoms with Crippen molar-refractivity contribution in [2.24, 2.45) is 0 Å². The molecule has 2 aliphatic rings. The third-order valence-corrected chi connectivity index (χ3v) is 2.32. The maximum Gasteiger partial charge on any atom is 0.0916 e. The molecule has 1 heterocycles. The van der Waals surface area contributed by atoms with Crippen LogP contribution < -0.4 is 0 Å². The van der Waals surface area contributed by atoms with Gasteiger partial charge in [-0.15, -0.1) is 0 Å². The lowest BCUT2D eigenvalue weighted by Gasteiger charge is -2.16. The molecular formula is C9H18O. The van der Waals surface area contributed by atoms with Gasteiger partial charge in [0.25, 0.3) is 0 Å². The van der Waals surface area contributed by atoms with Crippen molar-refractivity contribution in [3.8, 4) is 0 Å². The van der Waals surface area contributed by atoms with Crippen molar-refractivity contribution in [1.29, 1.82) is 0 Å². The number of rotatable bonds is 0. The molecule has 1 saturated heterocycles. The van der Waals surface area contributed by atoms with Gasteiger partial charge in [0.05, 0.1) is 12.2 Å². The first-order chi connectivity index (χ1) is 4.91. The van der Waals surface area contributed by atoms with Crippen molar-refractivity contribution in [1.82, 2.24) is 0 Å². The molecule has 60 valence electrons. The first kappa shape index (κ1) is 8.06. The van der Waals surface area contributed by atoms with Gasteiger partial charge in [0.1, 0.15) is 0 Å². The third kappa shape index (κ3) is 1.72. The van der Waals surface area contributed by atoms with Gasteiger partial charge < -0.3 is 4.74 Å². The highest BCUT2D eigenvalue weighted by molar-refractivity contribution is 4.93. The normalized spacial score (nSPS) is 27.0. The van der Waals surface area contributed by atoms with Crippen LogP contribution in [0.3, 0.4) is 0 Å². The van der Waals surface area contributed by atoms with Crippen LogP contribution in [0.5, 0.6) is 0 Å². The van der Waals surface area contributed by atoms with Crippen LogP contribution >= 0.6 is 0 Å². The third-order valence-electron chi connectivity index (χ3n) is 2.32. The Morgan fingerprint density at radius 3 is 1.80 bits per heavy atom. The number of epoxide rings is 1. The summed E-state index contributed by atoms with van der Waals surface area (Å²) in [5.41, 5.74) is 0.429. The van der Waals surface area contributed by atoms with E-state index in [1.54, 1.807) is 0 Å². The summed E-state index contributed by atoms with van der Waals surface area (Å²) < 4.78 is 5.34. The van der Waals surface area contributed by atoms with Crippen molar-refractivity contribution >= 4 is 0 Å². The topological polar surface area (TPSA) is 12.5 Å². The molecule has 0 unspecified atom stereocenters. The molecule has 0 bridgehead atoms. The predicted molar refractivity (Wildman–Crippen MR) is 43.1 cm³/mol. The Balaban J connectivity index is 0.000000231. The van der Waals surface area contributed by atoms with E-state index >= 15 is 0 Å². The molecule has 1 aliphatic heterocycles. The summed E-state index contributed by atoms with van der Waals surface area (Å²) in [5.74, 6) is 0. The average Bonchev–Trinajstić information content (AvgIpc) is 2.75. The molecule has 2 fully saturated rings. The Morgan fingerprint density at radius 1 is 1.00 bits per heavy atom. The summed E-state index contributed by atoms with van der Waals surface area (Å²) in [4.78, 5) is 0. The second-order valence-electron chi connectivity index (χ2n) is 3.03. The van der Waals surface area contributed by atoms with E-state index in [0.717, 1.165) is 6.61 Å². The van der Waals surface area contributed by atoms with E-state index in [9.17, 15) is 0 Å². The molecule has 0 amide bonds.